The summed E-state index contributed by atoms with van der Waals surface area (Å²) in [5.41, 5.74) is 2.07. The number of Topliss-reactive ketones (excluding diaryl/α,β-unsaturated/α-hetero) is 1. The molecule has 1 atom stereocenters. The van der Waals surface area contributed by atoms with E-state index in [-0.39, 0.29) is 17.0 Å². The molecule has 2 aromatic rings. The third-order valence-corrected chi connectivity index (χ3v) is 6.87. The lowest BCUT2D eigenvalue weighted by Gasteiger charge is -2.31. The van der Waals surface area contributed by atoms with Crippen LogP contribution in [0.2, 0.25) is 0 Å². The number of benzene rings is 1. The molecule has 0 aliphatic carbocycles. The maximum absolute atomic E-state index is 13.4. The number of ketones is 1. The zero-order valence-corrected chi connectivity index (χ0v) is 21.6. The number of H-pyrrole nitrogens is 1. The number of aromatic amines is 1. The zero-order valence-electron chi connectivity index (χ0n) is 21.6. The third kappa shape index (κ3) is 5.12. The van der Waals surface area contributed by atoms with E-state index in [1.807, 2.05) is 6.92 Å². The third-order valence-electron chi connectivity index (χ3n) is 6.87. The van der Waals surface area contributed by atoms with Crippen LogP contribution in [0.4, 0.5) is 0 Å². The van der Waals surface area contributed by atoms with Gasteiger partial charge in [0.25, 0.3) is 11.7 Å². The number of esters is 1. The molecule has 2 aliphatic heterocycles. The summed E-state index contributed by atoms with van der Waals surface area (Å²) in [5.74, 6) is -1.69. The quantitative estimate of drug-likeness (QED) is 0.240. The first-order valence-corrected chi connectivity index (χ1v) is 12.4. The van der Waals surface area contributed by atoms with Gasteiger partial charge in [-0.1, -0.05) is 12.1 Å². The number of aliphatic hydroxyl groups is 1. The largest absolute Gasteiger partial charge is 0.507 e. The number of ether oxygens (including phenoxy) is 3. The first-order chi connectivity index (χ1) is 17.8. The van der Waals surface area contributed by atoms with E-state index >= 15 is 0 Å². The molecule has 2 N–H and O–H groups in total. The van der Waals surface area contributed by atoms with Crippen LogP contribution in [0.15, 0.2) is 29.8 Å². The van der Waals surface area contributed by atoms with Crippen LogP contribution in [-0.4, -0.2) is 90.7 Å². The Morgan fingerprint density at radius 2 is 1.81 bits per heavy atom. The number of aliphatic hydroxyl groups excluding tert-OH is 1. The molecule has 2 saturated heterocycles. The minimum absolute atomic E-state index is 0.0160. The van der Waals surface area contributed by atoms with Gasteiger partial charge in [0, 0.05) is 37.4 Å². The highest BCUT2D eigenvalue weighted by Crippen LogP contribution is 2.41. The molecule has 1 aromatic heterocycles. The Labute approximate surface area is 215 Å². The van der Waals surface area contributed by atoms with Gasteiger partial charge in [0.05, 0.1) is 38.5 Å². The predicted octanol–water partition coefficient (Wildman–Crippen LogP) is 2.57. The number of aromatic nitrogens is 1. The minimum atomic E-state index is -0.799. The standard InChI is InChI=1S/C27H33N3O7/c1-5-37-19-8-6-18(7-9-19)23-21(24(31)20-16(2)22(27(34)35-4)28-17(20)3)25(32)26(33)30(23)11-10-29-12-14-36-15-13-29/h6-9,23,28,31H,5,10-15H2,1-4H3/b24-21+. The number of methoxy groups -OCH3 is 1. The number of carbonyl (C=O) groups excluding carboxylic acids is 3. The van der Waals surface area contributed by atoms with Gasteiger partial charge in [-0.15, -0.1) is 0 Å². The van der Waals surface area contributed by atoms with E-state index in [4.69, 9.17) is 14.2 Å². The predicted molar refractivity (Wildman–Crippen MR) is 135 cm³/mol. The van der Waals surface area contributed by atoms with E-state index in [0.717, 1.165) is 13.1 Å². The molecule has 1 aromatic carbocycles. The van der Waals surface area contributed by atoms with Gasteiger partial charge in [-0.05, 0) is 44.0 Å². The summed E-state index contributed by atoms with van der Waals surface area (Å²) in [4.78, 5) is 45.5. The van der Waals surface area contributed by atoms with Gasteiger partial charge in [-0.3, -0.25) is 14.5 Å². The van der Waals surface area contributed by atoms with E-state index in [1.165, 1.54) is 12.0 Å². The maximum Gasteiger partial charge on any atom is 0.354 e. The normalized spacial score (nSPS) is 19.9. The second-order valence-corrected chi connectivity index (χ2v) is 9.07. The summed E-state index contributed by atoms with van der Waals surface area (Å²) < 4.78 is 15.8. The second-order valence-electron chi connectivity index (χ2n) is 9.07. The molecule has 10 nitrogen and oxygen atoms in total. The van der Waals surface area contributed by atoms with Crippen molar-refractivity contribution in [1.29, 1.82) is 0 Å². The number of aryl methyl sites for hydroxylation is 1. The lowest BCUT2D eigenvalue weighted by Crippen LogP contribution is -2.42. The van der Waals surface area contributed by atoms with Crippen molar-refractivity contribution in [2.75, 3.05) is 53.1 Å². The molecule has 0 radical (unpaired) electrons. The number of likely N-dealkylation sites (tertiary alicyclic amines) is 1. The Morgan fingerprint density at radius 1 is 1.14 bits per heavy atom. The second kappa shape index (κ2) is 11.2. The van der Waals surface area contributed by atoms with Crippen molar-refractivity contribution in [2.24, 2.45) is 0 Å². The fraction of sp³-hybridized carbons (Fsp3) is 0.444. The van der Waals surface area contributed by atoms with Crippen molar-refractivity contribution in [3.05, 3.63) is 57.9 Å². The molecule has 37 heavy (non-hydrogen) atoms. The van der Waals surface area contributed by atoms with Crippen LogP contribution in [0.25, 0.3) is 5.76 Å². The average molecular weight is 512 g/mol. The Bertz CT molecular complexity index is 1210. The number of hydrogen-bond donors (Lipinski definition) is 2. The average Bonchev–Trinajstić information content (AvgIpc) is 3.34. The highest BCUT2D eigenvalue weighted by atomic mass is 16.5. The first kappa shape index (κ1) is 26.4. The fourth-order valence-corrected chi connectivity index (χ4v) is 4.99. The van der Waals surface area contributed by atoms with Crippen molar-refractivity contribution in [3.63, 3.8) is 0 Å². The molecule has 2 fully saturated rings. The van der Waals surface area contributed by atoms with Gasteiger partial charge >= 0.3 is 5.97 Å². The van der Waals surface area contributed by atoms with Gasteiger partial charge in [0.2, 0.25) is 0 Å². The number of carbonyl (C=O) groups is 3. The van der Waals surface area contributed by atoms with E-state index in [1.54, 1.807) is 38.1 Å². The van der Waals surface area contributed by atoms with Crippen molar-refractivity contribution in [1.82, 2.24) is 14.8 Å². The van der Waals surface area contributed by atoms with E-state index in [2.05, 4.69) is 9.88 Å². The van der Waals surface area contributed by atoms with Crippen LogP contribution in [0.1, 0.15) is 45.8 Å². The zero-order chi connectivity index (χ0) is 26.7. The van der Waals surface area contributed by atoms with Crippen molar-refractivity contribution in [2.45, 2.75) is 26.8 Å². The van der Waals surface area contributed by atoms with Crippen LogP contribution >= 0.6 is 0 Å². The van der Waals surface area contributed by atoms with Crippen molar-refractivity contribution >= 4 is 23.4 Å². The monoisotopic (exact) mass is 511 g/mol. The number of nitrogens with one attached hydrogen (secondary N) is 1. The SMILES string of the molecule is CCOc1ccc(C2/C(=C(\O)c3c(C)[nH]c(C(=O)OC)c3C)C(=O)C(=O)N2CCN2CCOCC2)cc1. The van der Waals surface area contributed by atoms with Crippen LogP contribution < -0.4 is 4.74 Å². The highest BCUT2D eigenvalue weighted by molar-refractivity contribution is 6.46. The number of amides is 1. The van der Waals surface area contributed by atoms with Crippen LogP contribution in [0.5, 0.6) is 5.75 Å². The number of morpholine rings is 1. The van der Waals surface area contributed by atoms with E-state index < -0.39 is 23.7 Å². The molecule has 0 saturated carbocycles. The molecule has 0 bridgehead atoms. The summed E-state index contributed by atoms with van der Waals surface area (Å²) >= 11 is 0. The van der Waals surface area contributed by atoms with Crippen LogP contribution in [0, 0.1) is 13.8 Å². The van der Waals surface area contributed by atoms with Crippen molar-refractivity contribution in [3.8, 4) is 5.75 Å². The summed E-state index contributed by atoms with van der Waals surface area (Å²) in [6.45, 7) is 9.35. The maximum atomic E-state index is 13.4. The molecule has 10 heteroatoms. The summed E-state index contributed by atoms with van der Waals surface area (Å²) in [6, 6.07) is 6.36. The van der Waals surface area contributed by atoms with Gasteiger partial charge in [-0.2, -0.15) is 0 Å². The topological polar surface area (TPSA) is 121 Å². The first-order valence-electron chi connectivity index (χ1n) is 12.4. The van der Waals surface area contributed by atoms with E-state index in [9.17, 15) is 19.5 Å². The molecular formula is C27H33N3O7. The molecule has 2 aliphatic rings. The van der Waals surface area contributed by atoms with Crippen LogP contribution in [-0.2, 0) is 19.1 Å². The van der Waals surface area contributed by atoms with Gasteiger partial charge in [0.1, 0.15) is 17.2 Å². The Balaban J connectivity index is 1.79. The molecule has 198 valence electrons. The number of nitrogens with zero attached hydrogens (tertiary/aromatic N) is 2. The smallest absolute Gasteiger partial charge is 0.354 e. The molecule has 4 rings (SSSR count). The Morgan fingerprint density at radius 3 is 2.43 bits per heavy atom. The molecule has 3 heterocycles. The van der Waals surface area contributed by atoms with Crippen molar-refractivity contribution < 1.29 is 33.7 Å². The lowest BCUT2D eigenvalue weighted by molar-refractivity contribution is -0.140. The number of rotatable bonds is 8. The lowest BCUT2D eigenvalue weighted by atomic mass is 9.94. The summed E-state index contributed by atoms with van der Waals surface area (Å²) in [5, 5.41) is 11.5. The Hall–Kier alpha value is -3.63. The van der Waals surface area contributed by atoms with Gasteiger partial charge in [0.15, 0.2) is 0 Å². The summed E-state index contributed by atoms with van der Waals surface area (Å²) in [7, 11) is 1.27. The minimum Gasteiger partial charge on any atom is -0.507 e. The van der Waals surface area contributed by atoms with Crippen LogP contribution in [0.3, 0.4) is 0 Å². The highest BCUT2D eigenvalue weighted by Gasteiger charge is 2.46. The molecule has 0 spiro atoms. The van der Waals surface area contributed by atoms with Gasteiger partial charge < -0.3 is 29.2 Å². The Kier molecular flexibility index (Phi) is 7.99. The molecular weight excluding hydrogens is 478 g/mol. The van der Waals surface area contributed by atoms with E-state index in [0.29, 0.717) is 61.0 Å². The summed E-state index contributed by atoms with van der Waals surface area (Å²) in [6.07, 6.45) is 0. The fourth-order valence-electron chi connectivity index (χ4n) is 4.99. The molecule has 1 amide bonds. The number of hydrogen-bond acceptors (Lipinski definition) is 8. The van der Waals surface area contributed by atoms with Gasteiger partial charge in [-0.25, -0.2) is 4.79 Å². The molecule has 1 unspecified atom stereocenters.